The van der Waals surface area contributed by atoms with Crippen LogP contribution in [0.2, 0.25) is 0 Å². The van der Waals surface area contributed by atoms with Gasteiger partial charge >= 0.3 is 0 Å². The van der Waals surface area contributed by atoms with Gasteiger partial charge in [-0.05, 0) is 24.3 Å². The van der Waals surface area contributed by atoms with Crippen LogP contribution in [0.5, 0.6) is 0 Å². The molecule has 0 spiro atoms. The van der Waals surface area contributed by atoms with Crippen molar-refractivity contribution in [3.05, 3.63) is 35.9 Å². The van der Waals surface area contributed by atoms with Crippen LogP contribution in [0.25, 0.3) is 0 Å². The van der Waals surface area contributed by atoms with Crippen LogP contribution in [0.4, 0.5) is 0 Å². The lowest BCUT2D eigenvalue weighted by Gasteiger charge is -2.28. The molecule has 1 aromatic carbocycles. The second-order valence-corrected chi connectivity index (χ2v) is 5.35. The number of ketones is 2. The number of nitrogens with zero attached hydrogens (tertiary/aromatic N) is 1. The van der Waals surface area contributed by atoms with Gasteiger partial charge in [0.2, 0.25) is 0 Å². The van der Waals surface area contributed by atoms with Gasteiger partial charge in [-0.25, -0.2) is 0 Å². The largest absolute Gasteiger partial charge is 0.298 e. The van der Waals surface area contributed by atoms with E-state index in [1.807, 2.05) is 37.3 Å². The molecule has 0 unspecified atom stereocenters. The van der Waals surface area contributed by atoms with Crippen molar-refractivity contribution in [1.82, 2.24) is 0 Å². The van der Waals surface area contributed by atoms with E-state index in [4.69, 9.17) is 0 Å². The second kappa shape index (κ2) is 6.60. The molecule has 0 aromatic heterocycles. The summed E-state index contributed by atoms with van der Waals surface area (Å²) in [4.78, 5) is 28.7. The number of Topliss-reactive ketones (excluding diaryl/α,β-unsaturated/α-hetero) is 2. The molecular weight excluding hydrogens is 250 g/mol. The average molecular weight is 271 g/mol. The highest BCUT2D eigenvalue weighted by atomic mass is 16.2. The summed E-state index contributed by atoms with van der Waals surface area (Å²) in [6, 6.07) is 10.0. The van der Waals surface area contributed by atoms with Crippen LogP contribution in [0.1, 0.15) is 44.1 Å². The molecule has 20 heavy (non-hydrogen) atoms. The monoisotopic (exact) mass is 271 g/mol. The van der Waals surface area contributed by atoms with Crippen LogP contribution in [-0.2, 0) is 9.59 Å². The number of hydrogen-bond donors (Lipinski definition) is 0. The van der Waals surface area contributed by atoms with E-state index in [9.17, 15) is 9.59 Å². The van der Waals surface area contributed by atoms with Crippen molar-refractivity contribution in [2.75, 3.05) is 7.05 Å². The van der Waals surface area contributed by atoms with E-state index in [2.05, 4.69) is 4.99 Å². The van der Waals surface area contributed by atoms with Crippen LogP contribution in [0.3, 0.4) is 0 Å². The topological polar surface area (TPSA) is 46.5 Å². The molecular formula is C17H21NO2. The smallest absolute Gasteiger partial charge is 0.149 e. The lowest BCUT2D eigenvalue weighted by molar-refractivity contribution is -0.130. The van der Waals surface area contributed by atoms with Crippen LogP contribution in [-0.4, -0.2) is 24.3 Å². The van der Waals surface area contributed by atoms with Crippen molar-refractivity contribution in [2.45, 2.75) is 38.5 Å². The molecule has 0 aliphatic heterocycles. The van der Waals surface area contributed by atoms with Gasteiger partial charge in [-0.2, -0.15) is 0 Å². The zero-order valence-electron chi connectivity index (χ0n) is 12.1. The summed E-state index contributed by atoms with van der Waals surface area (Å²) in [7, 11) is 1.68. The van der Waals surface area contributed by atoms with Gasteiger partial charge in [0.25, 0.3) is 0 Å². The normalized spacial score (nSPS) is 24.9. The Bertz CT molecular complexity index is 519. The number of hydrogen-bond acceptors (Lipinski definition) is 3. The molecule has 0 saturated heterocycles. The third-order valence-corrected chi connectivity index (χ3v) is 3.93. The number of carbonyl (C=O) groups excluding carboxylic acids is 2. The summed E-state index contributed by atoms with van der Waals surface area (Å²) < 4.78 is 0. The van der Waals surface area contributed by atoms with Crippen molar-refractivity contribution in [3.63, 3.8) is 0 Å². The first-order chi connectivity index (χ1) is 9.67. The lowest BCUT2D eigenvalue weighted by atomic mass is 9.74. The maximum absolute atomic E-state index is 12.4. The minimum absolute atomic E-state index is 0.0316. The van der Waals surface area contributed by atoms with Gasteiger partial charge in [-0.15, -0.1) is 0 Å². The van der Waals surface area contributed by atoms with Gasteiger partial charge in [-0.3, -0.25) is 14.6 Å². The Morgan fingerprint density at radius 3 is 2.55 bits per heavy atom. The molecule has 1 aliphatic rings. The molecule has 0 N–H and O–H groups in total. The van der Waals surface area contributed by atoms with Gasteiger partial charge in [-0.1, -0.05) is 37.3 Å². The Morgan fingerprint density at radius 1 is 1.25 bits per heavy atom. The quantitative estimate of drug-likeness (QED) is 0.789. The van der Waals surface area contributed by atoms with E-state index in [1.54, 1.807) is 7.05 Å². The van der Waals surface area contributed by atoms with E-state index in [0.29, 0.717) is 19.3 Å². The van der Waals surface area contributed by atoms with Gasteiger partial charge in [0.1, 0.15) is 17.5 Å². The molecule has 1 aliphatic carbocycles. The number of aliphatic imine (C=N–C) groups is 1. The Labute approximate surface area is 120 Å². The maximum atomic E-state index is 12.4. The molecule has 1 aromatic rings. The van der Waals surface area contributed by atoms with E-state index in [1.165, 1.54) is 0 Å². The molecule has 0 radical (unpaired) electrons. The Kier molecular flexibility index (Phi) is 4.83. The fourth-order valence-corrected chi connectivity index (χ4v) is 2.93. The van der Waals surface area contributed by atoms with E-state index in [-0.39, 0.29) is 17.5 Å². The van der Waals surface area contributed by atoms with Crippen LogP contribution in [0.15, 0.2) is 35.3 Å². The molecule has 3 heteroatoms. The Balaban J connectivity index is 2.21. The van der Waals surface area contributed by atoms with Crippen LogP contribution in [0, 0.1) is 5.92 Å². The van der Waals surface area contributed by atoms with Crippen molar-refractivity contribution < 1.29 is 9.59 Å². The summed E-state index contributed by atoms with van der Waals surface area (Å²) >= 11 is 0. The summed E-state index contributed by atoms with van der Waals surface area (Å²) in [5, 5.41) is 0. The molecule has 2 rings (SSSR count). The SMILES string of the molecule is CCCC(=O)[C@@H]1C(=O)C[C@H](c2ccccc2)CC1=NC. The van der Waals surface area contributed by atoms with Crippen LogP contribution >= 0.6 is 0 Å². The molecule has 0 bridgehead atoms. The summed E-state index contributed by atoms with van der Waals surface area (Å²) in [5.74, 6) is -0.359. The number of carbonyl (C=O) groups is 2. The van der Waals surface area contributed by atoms with Crippen molar-refractivity contribution in [3.8, 4) is 0 Å². The highest BCUT2D eigenvalue weighted by molar-refractivity contribution is 6.22. The summed E-state index contributed by atoms with van der Waals surface area (Å²) in [5.41, 5.74) is 1.91. The molecule has 2 atom stereocenters. The van der Waals surface area contributed by atoms with Crippen molar-refractivity contribution >= 4 is 17.3 Å². The van der Waals surface area contributed by atoms with E-state index < -0.39 is 5.92 Å². The maximum Gasteiger partial charge on any atom is 0.149 e. The first-order valence-corrected chi connectivity index (χ1v) is 7.23. The zero-order valence-corrected chi connectivity index (χ0v) is 12.1. The standard InChI is InChI=1S/C17H21NO2/c1-3-7-15(19)17-14(18-2)10-13(11-16(17)20)12-8-5-4-6-9-12/h4-6,8-9,13,17H,3,7,10-11H2,1-2H3/t13-,17-/m1/s1. The fraction of sp³-hybridized carbons (Fsp3) is 0.471. The van der Waals surface area contributed by atoms with Gasteiger partial charge in [0.05, 0.1) is 0 Å². The Hall–Kier alpha value is -1.77. The minimum atomic E-state index is -0.583. The van der Waals surface area contributed by atoms with Gasteiger partial charge in [0.15, 0.2) is 0 Å². The number of rotatable bonds is 4. The molecule has 0 amide bonds. The predicted molar refractivity (Wildman–Crippen MR) is 80.2 cm³/mol. The highest BCUT2D eigenvalue weighted by Gasteiger charge is 2.37. The predicted octanol–water partition coefficient (Wildman–Crippen LogP) is 3.19. The molecule has 1 fully saturated rings. The van der Waals surface area contributed by atoms with Gasteiger partial charge < -0.3 is 0 Å². The first-order valence-electron chi connectivity index (χ1n) is 7.23. The third kappa shape index (κ3) is 3.03. The van der Waals surface area contributed by atoms with E-state index in [0.717, 1.165) is 17.7 Å². The average Bonchev–Trinajstić information content (AvgIpc) is 2.47. The highest BCUT2D eigenvalue weighted by Crippen LogP contribution is 2.33. The molecule has 1 saturated carbocycles. The lowest BCUT2D eigenvalue weighted by Crippen LogP contribution is -2.38. The Morgan fingerprint density at radius 2 is 1.95 bits per heavy atom. The molecule has 0 heterocycles. The summed E-state index contributed by atoms with van der Waals surface area (Å²) in [6.07, 6.45) is 2.41. The number of benzene rings is 1. The fourth-order valence-electron chi connectivity index (χ4n) is 2.93. The molecule has 106 valence electrons. The second-order valence-electron chi connectivity index (χ2n) is 5.35. The molecule has 3 nitrogen and oxygen atoms in total. The van der Waals surface area contributed by atoms with Crippen molar-refractivity contribution in [2.24, 2.45) is 10.9 Å². The first kappa shape index (κ1) is 14.6. The van der Waals surface area contributed by atoms with Crippen LogP contribution < -0.4 is 0 Å². The minimum Gasteiger partial charge on any atom is -0.298 e. The zero-order chi connectivity index (χ0) is 14.5. The summed E-state index contributed by atoms with van der Waals surface area (Å²) in [6.45, 7) is 1.96. The van der Waals surface area contributed by atoms with Crippen molar-refractivity contribution in [1.29, 1.82) is 0 Å². The van der Waals surface area contributed by atoms with E-state index >= 15 is 0 Å². The van der Waals surface area contributed by atoms with Gasteiger partial charge in [0, 0.05) is 25.6 Å². The third-order valence-electron chi connectivity index (χ3n) is 3.93.